The lowest BCUT2D eigenvalue weighted by molar-refractivity contribution is 0.247. The Bertz CT molecular complexity index is 402. The molecule has 2 fully saturated rings. The quantitative estimate of drug-likeness (QED) is 0.851. The number of nitrogens with zero attached hydrogens (tertiary/aromatic N) is 4. The molecule has 2 saturated carbocycles. The van der Waals surface area contributed by atoms with Gasteiger partial charge >= 0.3 is 0 Å². The maximum Gasteiger partial charge on any atom is 0.176 e. The zero-order chi connectivity index (χ0) is 12.5. The molecule has 1 N–H and O–H groups in total. The van der Waals surface area contributed by atoms with Gasteiger partial charge in [0, 0.05) is 12.5 Å². The van der Waals surface area contributed by atoms with Crippen molar-refractivity contribution < 1.29 is 0 Å². The maximum absolute atomic E-state index is 4.32. The van der Waals surface area contributed by atoms with Gasteiger partial charge in [-0.1, -0.05) is 13.3 Å². The fraction of sp³-hybridized carbons (Fsp3) is 0.923. The van der Waals surface area contributed by atoms with Gasteiger partial charge in [-0.3, -0.25) is 0 Å². The number of hydrogen-bond donors (Lipinski definition) is 1. The van der Waals surface area contributed by atoms with Crippen LogP contribution in [0.15, 0.2) is 0 Å². The van der Waals surface area contributed by atoms with Crippen LogP contribution < -0.4 is 5.32 Å². The number of nitrogens with one attached hydrogen (secondary N) is 1. The highest BCUT2D eigenvalue weighted by Gasteiger charge is 2.43. The van der Waals surface area contributed by atoms with E-state index in [2.05, 4.69) is 27.7 Å². The van der Waals surface area contributed by atoms with Gasteiger partial charge < -0.3 is 5.32 Å². The fourth-order valence-electron chi connectivity index (χ4n) is 4.03. The van der Waals surface area contributed by atoms with Crippen LogP contribution in [0.5, 0.6) is 0 Å². The van der Waals surface area contributed by atoms with Gasteiger partial charge in [0.05, 0.1) is 7.05 Å². The number of likely N-dealkylation sites (N-methyl/N-ethyl adjacent to an activating group) is 1. The first-order valence-electron chi connectivity index (χ1n) is 7.22. The summed E-state index contributed by atoms with van der Waals surface area (Å²) in [5.74, 6) is 3.64. The van der Waals surface area contributed by atoms with Crippen molar-refractivity contribution in [2.24, 2.45) is 24.8 Å². The second-order valence-corrected chi connectivity index (χ2v) is 5.90. The van der Waals surface area contributed by atoms with Crippen molar-refractivity contribution in [1.82, 2.24) is 25.5 Å². The molecule has 5 heteroatoms. The molecule has 1 aromatic rings. The van der Waals surface area contributed by atoms with E-state index in [0.717, 1.165) is 36.5 Å². The van der Waals surface area contributed by atoms with Crippen LogP contribution in [0.25, 0.3) is 0 Å². The molecule has 0 aromatic carbocycles. The highest BCUT2D eigenvalue weighted by molar-refractivity contribution is 4.98. The Balaban J connectivity index is 1.68. The Hall–Kier alpha value is -0.970. The second kappa shape index (κ2) is 4.96. The van der Waals surface area contributed by atoms with Crippen molar-refractivity contribution in [3.63, 3.8) is 0 Å². The van der Waals surface area contributed by atoms with E-state index in [1.54, 1.807) is 4.80 Å². The Morgan fingerprint density at radius 3 is 2.83 bits per heavy atom. The molecule has 0 saturated heterocycles. The average molecular weight is 249 g/mol. The SMILES string of the molecule is CCNC(Cc1nnn(C)n1)C1CC2CCC1C2. The highest BCUT2D eigenvalue weighted by Crippen LogP contribution is 2.49. The summed E-state index contributed by atoms with van der Waals surface area (Å²) < 4.78 is 0. The van der Waals surface area contributed by atoms with E-state index in [-0.39, 0.29) is 0 Å². The molecule has 2 aliphatic rings. The minimum absolute atomic E-state index is 0.537. The summed E-state index contributed by atoms with van der Waals surface area (Å²) >= 11 is 0. The molecule has 0 spiro atoms. The summed E-state index contributed by atoms with van der Waals surface area (Å²) in [4.78, 5) is 1.55. The third-order valence-electron chi connectivity index (χ3n) is 4.73. The van der Waals surface area contributed by atoms with Crippen molar-refractivity contribution in [2.75, 3.05) is 6.54 Å². The topological polar surface area (TPSA) is 55.6 Å². The number of aryl methyl sites for hydroxylation is 1. The zero-order valence-electron chi connectivity index (χ0n) is 11.3. The summed E-state index contributed by atoms with van der Waals surface area (Å²) in [5, 5.41) is 16.0. The van der Waals surface area contributed by atoms with Crippen molar-refractivity contribution in [3.8, 4) is 0 Å². The molecular weight excluding hydrogens is 226 g/mol. The average Bonchev–Trinajstić information content (AvgIpc) is 3.05. The van der Waals surface area contributed by atoms with Gasteiger partial charge in [-0.25, -0.2) is 0 Å². The number of hydrogen-bond acceptors (Lipinski definition) is 4. The standard InChI is InChI=1S/C13H23N5/c1-3-14-12(8-13-15-17-18(2)16-13)11-7-9-4-5-10(11)6-9/h9-12,14H,3-8H2,1-2H3. The lowest BCUT2D eigenvalue weighted by Crippen LogP contribution is -2.40. The number of rotatable bonds is 5. The number of aromatic nitrogens is 4. The zero-order valence-corrected chi connectivity index (χ0v) is 11.3. The van der Waals surface area contributed by atoms with Gasteiger partial charge in [0.25, 0.3) is 0 Å². The Kier molecular flexibility index (Phi) is 3.33. The molecule has 5 nitrogen and oxygen atoms in total. The summed E-state index contributed by atoms with van der Waals surface area (Å²) in [6, 6.07) is 0.537. The third-order valence-corrected chi connectivity index (χ3v) is 4.73. The summed E-state index contributed by atoms with van der Waals surface area (Å²) in [5.41, 5.74) is 0. The fourth-order valence-corrected chi connectivity index (χ4v) is 4.03. The predicted octanol–water partition coefficient (Wildman–Crippen LogP) is 1.17. The van der Waals surface area contributed by atoms with Crippen LogP contribution >= 0.6 is 0 Å². The Labute approximate surface area is 108 Å². The van der Waals surface area contributed by atoms with Gasteiger partial charge in [-0.2, -0.15) is 4.80 Å². The molecule has 0 aliphatic heterocycles. The van der Waals surface area contributed by atoms with Crippen LogP contribution in [-0.2, 0) is 13.5 Å². The molecular formula is C13H23N5. The minimum Gasteiger partial charge on any atom is -0.314 e. The molecule has 3 rings (SSSR count). The highest BCUT2D eigenvalue weighted by atomic mass is 15.6. The van der Waals surface area contributed by atoms with Crippen LogP contribution in [-0.4, -0.2) is 32.8 Å². The minimum atomic E-state index is 0.537. The molecule has 2 aliphatic carbocycles. The first kappa shape index (κ1) is 12.1. The van der Waals surface area contributed by atoms with Gasteiger partial charge in [-0.15, -0.1) is 10.2 Å². The van der Waals surface area contributed by atoms with Crippen LogP contribution in [0.2, 0.25) is 0 Å². The molecule has 100 valence electrons. The van der Waals surface area contributed by atoms with E-state index in [4.69, 9.17) is 0 Å². The van der Waals surface area contributed by atoms with Crippen LogP contribution in [0, 0.1) is 17.8 Å². The lowest BCUT2D eigenvalue weighted by atomic mass is 9.82. The van der Waals surface area contributed by atoms with E-state index in [9.17, 15) is 0 Å². The van der Waals surface area contributed by atoms with Gasteiger partial charge in [0.2, 0.25) is 0 Å². The molecule has 18 heavy (non-hydrogen) atoms. The van der Waals surface area contributed by atoms with Crippen LogP contribution in [0.1, 0.15) is 38.4 Å². The normalized spacial score (nSPS) is 32.0. The summed E-state index contributed by atoms with van der Waals surface area (Å²) in [6.45, 7) is 3.21. The molecule has 1 aromatic heterocycles. The van der Waals surface area contributed by atoms with Gasteiger partial charge in [-0.05, 0) is 48.8 Å². The number of fused-ring (bicyclic) bond motifs is 2. The Morgan fingerprint density at radius 1 is 1.39 bits per heavy atom. The van der Waals surface area contributed by atoms with Crippen molar-refractivity contribution in [3.05, 3.63) is 5.82 Å². The van der Waals surface area contributed by atoms with Crippen molar-refractivity contribution in [1.29, 1.82) is 0 Å². The van der Waals surface area contributed by atoms with E-state index < -0.39 is 0 Å². The van der Waals surface area contributed by atoms with Crippen LogP contribution in [0.3, 0.4) is 0 Å². The summed E-state index contributed by atoms with van der Waals surface area (Å²) in [7, 11) is 1.83. The van der Waals surface area contributed by atoms with Crippen molar-refractivity contribution >= 4 is 0 Å². The van der Waals surface area contributed by atoms with Gasteiger partial charge in [0.1, 0.15) is 0 Å². The van der Waals surface area contributed by atoms with Crippen molar-refractivity contribution in [2.45, 2.75) is 45.1 Å². The number of tetrazole rings is 1. The van der Waals surface area contributed by atoms with E-state index in [1.165, 1.54) is 25.7 Å². The molecule has 0 amide bonds. The lowest BCUT2D eigenvalue weighted by Gasteiger charge is -2.30. The molecule has 0 radical (unpaired) electrons. The maximum atomic E-state index is 4.32. The third kappa shape index (κ3) is 2.28. The molecule has 2 bridgehead atoms. The molecule has 4 atom stereocenters. The van der Waals surface area contributed by atoms with E-state index >= 15 is 0 Å². The second-order valence-electron chi connectivity index (χ2n) is 5.90. The Morgan fingerprint density at radius 2 is 2.28 bits per heavy atom. The first-order chi connectivity index (χ1) is 8.76. The van der Waals surface area contributed by atoms with E-state index in [1.807, 2.05) is 7.05 Å². The largest absolute Gasteiger partial charge is 0.314 e. The van der Waals surface area contributed by atoms with E-state index in [0.29, 0.717) is 6.04 Å². The molecule has 4 unspecified atom stereocenters. The smallest absolute Gasteiger partial charge is 0.176 e. The van der Waals surface area contributed by atoms with Crippen LogP contribution in [0.4, 0.5) is 0 Å². The first-order valence-corrected chi connectivity index (χ1v) is 7.22. The molecule has 1 heterocycles. The predicted molar refractivity (Wildman–Crippen MR) is 68.9 cm³/mol. The van der Waals surface area contributed by atoms with Gasteiger partial charge in [0.15, 0.2) is 5.82 Å². The summed E-state index contributed by atoms with van der Waals surface area (Å²) in [6.07, 6.45) is 6.69. The monoisotopic (exact) mass is 249 g/mol.